The van der Waals surface area contributed by atoms with Gasteiger partial charge in [0.25, 0.3) is 0 Å². The standard InChI is InChI=1S/C16H14O3/c1-7-12-8-3-5-10(18-8)14(12)16(17-2)15-11-6-4-9(19-11)13(7)15/h3-6,8-11H,1-2H3/t8-,9-,10-,11-/m1/s1. The smallest absolute Gasteiger partial charge is 0.131 e. The van der Waals surface area contributed by atoms with Gasteiger partial charge >= 0.3 is 0 Å². The molecule has 5 rings (SSSR count). The lowest BCUT2D eigenvalue weighted by atomic mass is 9.82. The second-order valence-corrected chi connectivity index (χ2v) is 5.54. The summed E-state index contributed by atoms with van der Waals surface area (Å²) in [6.45, 7) is 2.19. The second-order valence-electron chi connectivity index (χ2n) is 5.54. The van der Waals surface area contributed by atoms with Crippen LogP contribution in [0.2, 0.25) is 0 Å². The SMILES string of the molecule is COc1c2c(c(C)c3c1[C@H]1C=C[C@H]3O1)[C@H]1C=C[C@H]2O1. The highest BCUT2D eigenvalue weighted by molar-refractivity contribution is 5.66. The van der Waals surface area contributed by atoms with Crippen molar-refractivity contribution < 1.29 is 14.2 Å². The van der Waals surface area contributed by atoms with E-state index in [-0.39, 0.29) is 24.4 Å². The van der Waals surface area contributed by atoms with Crippen molar-refractivity contribution in [1.29, 1.82) is 0 Å². The van der Waals surface area contributed by atoms with E-state index in [9.17, 15) is 0 Å². The van der Waals surface area contributed by atoms with Crippen LogP contribution in [0.5, 0.6) is 5.75 Å². The quantitative estimate of drug-likeness (QED) is 0.719. The van der Waals surface area contributed by atoms with Crippen LogP contribution in [-0.4, -0.2) is 7.11 Å². The monoisotopic (exact) mass is 254 g/mol. The Morgan fingerprint density at radius 2 is 1.21 bits per heavy atom. The normalized spacial score (nSPS) is 35.1. The number of rotatable bonds is 1. The van der Waals surface area contributed by atoms with Gasteiger partial charge in [-0.15, -0.1) is 0 Å². The molecule has 1 aromatic rings. The molecule has 0 fully saturated rings. The van der Waals surface area contributed by atoms with Crippen molar-refractivity contribution in [2.75, 3.05) is 7.11 Å². The van der Waals surface area contributed by atoms with Crippen LogP contribution in [0.1, 0.15) is 52.2 Å². The van der Waals surface area contributed by atoms with Gasteiger partial charge in [-0.1, -0.05) is 24.3 Å². The van der Waals surface area contributed by atoms with E-state index in [0.717, 1.165) is 5.75 Å². The van der Waals surface area contributed by atoms with E-state index in [1.807, 2.05) is 0 Å². The van der Waals surface area contributed by atoms with Gasteiger partial charge in [-0.05, 0) is 23.6 Å². The largest absolute Gasteiger partial charge is 0.496 e. The Hall–Kier alpha value is -1.58. The predicted molar refractivity (Wildman–Crippen MR) is 69.1 cm³/mol. The molecule has 96 valence electrons. The molecule has 0 aliphatic carbocycles. The minimum atomic E-state index is 0.0575. The summed E-state index contributed by atoms with van der Waals surface area (Å²) in [7, 11) is 1.75. The van der Waals surface area contributed by atoms with Crippen LogP contribution in [0.3, 0.4) is 0 Å². The van der Waals surface area contributed by atoms with Crippen molar-refractivity contribution in [3.05, 3.63) is 52.1 Å². The third kappa shape index (κ3) is 1.00. The fourth-order valence-electron chi connectivity index (χ4n) is 4.02. The molecular formula is C16H14O3. The second kappa shape index (κ2) is 3.11. The van der Waals surface area contributed by atoms with Gasteiger partial charge in [-0.2, -0.15) is 0 Å². The lowest BCUT2D eigenvalue weighted by molar-refractivity contribution is 0.0819. The summed E-state index contributed by atoms with van der Waals surface area (Å²) < 4.78 is 17.7. The number of methoxy groups -OCH3 is 1. The summed E-state index contributed by atoms with van der Waals surface area (Å²) in [6.07, 6.45) is 8.87. The predicted octanol–water partition coefficient (Wildman–Crippen LogP) is 3.37. The molecule has 1 aromatic carbocycles. The Bertz CT molecular complexity index is 618. The topological polar surface area (TPSA) is 27.7 Å². The van der Waals surface area contributed by atoms with Gasteiger partial charge in [-0.25, -0.2) is 0 Å². The van der Waals surface area contributed by atoms with Crippen molar-refractivity contribution in [2.24, 2.45) is 0 Å². The minimum absolute atomic E-state index is 0.0575. The Labute approximate surface area is 111 Å². The molecule has 4 heterocycles. The molecule has 0 N–H and O–H groups in total. The molecule has 0 radical (unpaired) electrons. The molecule has 0 saturated heterocycles. The number of ether oxygens (including phenoxy) is 3. The number of fused-ring (bicyclic) bond motifs is 10. The first kappa shape index (κ1) is 10.2. The summed E-state index contributed by atoms with van der Waals surface area (Å²) >= 11 is 0. The molecule has 4 atom stereocenters. The fourth-order valence-corrected chi connectivity index (χ4v) is 4.02. The molecule has 3 heteroatoms. The lowest BCUT2D eigenvalue weighted by Crippen LogP contribution is -2.08. The van der Waals surface area contributed by atoms with E-state index in [1.165, 1.54) is 27.8 Å². The van der Waals surface area contributed by atoms with E-state index >= 15 is 0 Å². The molecule has 4 aliphatic heterocycles. The van der Waals surface area contributed by atoms with Crippen molar-refractivity contribution in [3.63, 3.8) is 0 Å². The number of hydrogen-bond donors (Lipinski definition) is 0. The van der Waals surface area contributed by atoms with Crippen LogP contribution in [0.15, 0.2) is 24.3 Å². The fraction of sp³-hybridized carbons (Fsp3) is 0.375. The maximum Gasteiger partial charge on any atom is 0.131 e. The molecule has 4 bridgehead atoms. The molecule has 3 nitrogen and oxygen atoms in total. The molecule has 0 aromatic heterocycles. The van der Waals surface area contributed by atoms with E-state index in [2.05, 4.69) is 31.2 Å². The molecular weight excluding hydrogens is 240 g/mol. The van der Waals surface area contributed by atoms with Crippen LogP contribution >= 0.6 is 0 Å². The van der Waals surface area contributed by atoms with Crippen molar-refractivity contribution in [1.82, 2.24) is 0 Å². The van der Waals surface area contributed by atoms with Gasteiger partial charge < -0.3 is 14.2 Å². The molecule has 0 saturated carbocycles. The average Bonchev–Trinajstić information content (AvgIpc) is 3.18. The zero-order valence-electron chi connectivity index (χ0n) is 10.8. The first-order valence-corrected chi connectivity index (χ1v) is 6.71. The highest BCUT2D eigenvalue weighted by Crippen LogP contribution is 2.59. The van der Waals surface area contributed by atoms with Gasteiger partial charge in [0, 0.05) is 11.1 Å². The molecule has 4 aliphatic rings. The van der Waals surface area contributed by atoms with Crippen molar-refractivity contribution in [2.45, 2.75) is 31.3 Å². The van der Waals surface area contributed by atoms with Crippen LogP contribution < -0.4 is 4.74 Å². The maximum absolute atomic E-state index is 5.98. The van der Waals surface area contributed by atoms with Crippen LogP contribution in [0, 0.1) is 6.92 Å². The van der Waals surface area contributed by atoms with E-state index in [1.54, 1.807) is 7.11 Å². The zero-order valence-corrected chi connectivity index (χ0v) is 10.8. The molecule has 0 unspecified atom stereocenters. The van der Waals surface area contributed by atoms with Gasteiger partial charge in [0.05, 0.1) is 7.11 Å². The number of benzene rings is 1. The van der Waals surface area contributed by atoms with Gasteiger partial charge in [-0.3, -0.25) is 0 Å². The summed E-state index contributed by atoms with van der Waals surface area (Å²) in [5.74, 6) is 0.976. The highest BCUT2D eigenvalue weighted by Gasteiger charge is 2.46. The maximum atomic E-state index is 5.98. The van der Waals surface area contributed by atoms with E-state index < -0.39 is 0 Å². The Kier molecular flexibility index (Phi) is 1.68. The summed E-state index contributed by atoms with van der Waals surface area (Å²) in [6, 6.07) is 0. The Morgan fingerprint density at radius 1 is 0.789 bits per heavy atom. The van der Waals surface area contributed by atoms with E-state index in [0.29, 0.717) is 0 Å². The third-order valence-corrected chi connectivity index (χ3v) is 4.73. The first-order chi connectivity index (χ1) is 9.29. The summed E-state index contributed by atoms with van der Waals surface area (Å²) in [5.41, 5.74) is 6.35. The van der Waals surface area contributed by atoms with Crippen LogP contribution in [0.4, 0.5) is 0 Å². The highest BCUT2D eigenvalue weighted by atomic mass is 16.5. The Balaban J connectivity index is 1.89. The summed E-state index contributed by atoms with van der Waals surface area (Å²) in [5, 5.41) is 0. The lowest BCUT2D eigenvalue weighted by Gasteiger charge is -2.22. The Morgan fingerprint density at radius 3 is 1.63 bits per heavy atom. The zero-order chi connectivity index (χ0) is 12.7. The van der Waals surface area contributed by atoms with Crippen molar-refractivity contribution in [3.8, 4) is 5.75 Å². The molecule has 19 heavy (non-hydrogen) atoms. The summed E-state index contributed by atoms with van der Waals surface area (Å²) in [4.78, 5) is 0. The third-order valence-electron chi connectivity index (χ3n) is 4.73. The van der Waals surface area contributed by atoms with Gasteiger partial charge in [0.15, 0.2) is 0 Å². The van der Waals surface area contributed by atoms with Gasteiger partial charge in [0.2, 0.25) is 0 Å². The molecule has 0 spiro atoms. The molecule has 0 amide bonds. The van der Waals surface area contributed by atoms with E-state index in [4.69, 9.17) is 14.2 Å². The number of hydrogen-bond acceptors (Lipinski definition) is 3. The van der Waals surface area contributed by atoms with Crippen LogP contribution in [-0.2, 0) is 9.47 Å². The average molecular weight is 254 g/mol. The van der Waals surface area contributed by atoms with Crippen LogP contribution in [0.25, 0.3) is 0 Å². The van der Waals surface area contributed by atoms with Gasteiger partial charge in [0.1, 0.15) is 30.2 Å². The first-order valence-electron chi connectivity index (χ1n) is 6.71. The van der Waals surface area contributed by atoms with Crippen molar-refractivity contribution >= 4 is 0 Å². The minimum Gasteiger partial charge on any atom is -0.496 e.